The molecule has 1 aliphatic heterocycles. The first-order chi connectivity index (χ1) is 20.3. The summed E-state index contributed by atoms with van der Waals surface area (Å²) in [4.78, 5) is 2.43. The molecule has 2 aromatic heterocycles. The largest absolute Gasteiger partial charge is 0.460 e. The van der Waals surface area contributed by atoms with Crippen LogP contribution < -0.4 is 4.90 Å². The molecule has 41 heavy (non-hydrogen) atoms. The molecule has 0 radical (unpaired) electrons. The minimum atomic E-state index is 0.110. The molecule has 0 spiro atoms. The first kappa shape index (κ1) is 22.8. The molecular weight excluding hydrogens is 500 g/mol. The number of hydrogen-bond acceptors (Lipinski definition) is 2. The second kappa shape index (κ2) is 8.49. The van der Waals surface area contributed by atoms with Gasteiger partial charge in [0.15, 0.2) is 0 Å². The van der Waals surface area contributed by atoms with Crippen LogP contribution in [-0.4, -0.2) is 11.6 Å². The molecule has 0 amide bonds. The molecule has 5 aromatic carbocycles. The average Bonchev–Trinajstić information content (AvgIpc) is 3.57. The van der Waals surface area contributed by atoms with Crippen LogP contribution >= 0.6 is 0 Å². The van der Waals surface area contributed by atoms with Crippen molar-refractivity contribution >= 4 is 44.5 Å². The van der Waals surface area contributed by atoms with E-state index in [4.69, 9.17) is 4.42 Å². The molecule has 3 heterocycles. The van der Waals surface area contributed by atoms with E-state index in [9.17, 15) is 0 Å². The van der Waals surface area contributed by atoms with Gasteiger partial charge in [0.25, 0.3) is 0 Å². The summed E-state index contributed by atoms with van der Waals surface area (Å²) < 4.78 is 8.88. The molecule has 3 nitrogen and oxygen atoms in total. The normalized spacial score (nSPS) is 15.8. The molecule has 1 aliphatic carbocycles. The smallest absolute Gasteiger partial charge is 0.137 e. The summed E-state index contributed by atoms with van der Waals surface area (Å²) in [7, 11) is 2.22. The van der Waals surface area contributed by atoms with Gasteiger partial charge in [0.05, 0.1) is 22.5 Å². The summed E-state index contributed by atoms with van der Waals surface area (Å²) in [6.45, 7) is 0. The lowest BCUT2D eigenvalue weighted by Gasteiger charge is -2.38. The van der Waals surface area contributed by atoms with Crippen LogP contribution in [0.4, 0.5) is 5.69 Å². The fraction of sp³-hybridized carbons (Fsp3) is 0.105. The summed E-state index contributed by atoms with van der Waals surface area (Å²) in [6.07, 6.45) is 6.51. The van der Waals surface area contributed by atoms with Gasteiger partial charge in [0, 0.05) is 46.7 Å². The molecule has 196 valence electrons. The van der Waals surface area contributed by atoms with Crippen LogP contribution in [0.5, 0.6) is 0 Å². The Balaban J connectivity index is 1.32. The quantitative estimate of drug-likeness (QED) is 0.223. The van der Waals surface area contributed by atoms with Gasteiger partial charge in [-0.25, -0.2) is 0 Å². The molecular formula is C38H28N2O. The Kier molecular flexibility index (Phi) is 4.71. The molecule has 3 heteroatoms. The van der Waals surface area contributed by atoms with Crippen molar-refractivity contribution in [2.75, 3.05) is 11.9 Å². The van der Waals surface area contributed by atoms with Crippen molar-refractivity contribution in [1.29, 1.82) is 0 Å². The summed E-state index contributed by atoms with van der Waals surface area (Å²) in [5, 5.41) is 3.73. The maximum absolute atomic E-state index is 6.42. The van der Waals surface area contributed by atoms with Gasteiger partial charge >= 0.3 is 0 Å². The van der Waals surface area contributed by atoms with Crippen LogP contribution in [0, 0.1) is 0 Å². The molecule has 0 fully saturated rings. The van der Waals surface area contributed by atoms with Crippen LogP contribution in [-0.2, 0) is 6.42 Å². The van der Waals surface area contributed by atoms with Gasteiger partial charge in [-0.05, 0) is 59.5 Å². The standard InChI is InChI=1S/C38H28N2O/c1-39-32-18-7-4-14-27(32)26-13-2-3-16-29(26)37(39)24-11-10-12-25(23-24)40-33-19-8-5-15-28(33)30-21-22-35-36(38(30)40)31-17-6-9-20-34(31)41-35/h2-8,10-19,21-23,37H,9,20H2,1H3. The van der Waals surface area contributed by atoms with E-state index in [1.807, 2.05) is 0 Å². The third kappa shape index (κ3) is 3.15. The van der Waals surface area contributed by atoms with Crippen molar-refractivity contribution in [3.05, 3.63) is 138 Å². The summed E-state index contributed by atoms with van der Waals surface area (Å²) in [5.41, 5.74) is 12.3. The van der Waals surface area contributed by atoms with Gasteiger partial charge in [0.1, 0.15) is 11.3 Å². The highest BCUT2D eigenvalue weighted by Crippen LogP contribution is 2.47. The van der Waals surface area contributed by atoms with Crippen LogP contribution in [0.2, 0.25) is 0 Å². The molecule has 0 saturated carbocycles. The van der Waals surface area contributed by atoms with Gasteiger partial charge in [-0.2, -0.15) is 0 Å². The fourth-order valence-corrected chi connectivity index (χ4v) is 7.33. The predicted octanol–water partition coefficient (Wildman–Crippen LogP) is 9.70. The number of hydrogen-bond donors (Lipinski definition) is 0. The fourth-order valence-electron chi connectivity index (χ4n) is 7.33. The molecule has 9 rings (SSSR count). The van der Waals surface area contributed by atoms with Crippen molar-refractivity contribution in [3.63, 3.8) is 0 Å². The van der Waals surface area contributed by atoms with Crippen LogP contribution in [0.3, 0.4) is 0 Å². The number of allylic oxidation sites excluding steroid dienone is 1. The number of rotatable bonds is 2. The lowest BCUT2D eigenvalue weighted by molar-refractivity contribution is 0.546. The number of aromatic nitrogens is 1. The first-order valence-corrected chi connectivity index (χ1v) is 14.4. The van der Waals surface area contributed by atoms with E-state index in [0.29, 0.717) is 0 Å². The highest BCUT2D eigenvalue weighted by molar-refractivity contribution is 6.19. The van der Waals surface area contributed by atoms with E-state index in [1.165, 1.54) is 66.4 Å². The number of benzene rings is 5. The monoisotopic (exact) mass is 528 g/mol. The first-order valence-electron chi connectivity index (χ1n) is 14.4. The highest BCUT2D eigenvalue weighted by Gasteiger charge is 2.30. The molecule has 0 bridgehead atoms. The zero-order valence-corrected chi connectivity index (χ0v) is 22.8. The number of para-hydroxylation sites is 2. The van der Waals surface area contributed by atoms with Crippen LogP contribution in [0.25, 0.3) is 55.7 Å². The van der Waals surface area contributed by atoms with E-state index in [1.54, 1.807) is 0 Å². The lowest BCUT2D eigenvalue weighted by Crippen LogP contribution is -2.29. The number of aryl methyl sites for hydroxylation is 1. The van der Waals surface area contributed by atoms with Gasteiger partial charge in [-0.15, -0.1) is 0 Å². The number of anilines is 1. The molecule has 2 aliphatic rings. The van der Waals surface area contributed by atoms with Crippen molar-refractivity contribution < 1.29 is 4.42 Å². The summed E-state index contributed by atoms with van der Waals surface area (Å²) in [6, 6.07) is 40.0. The molecule has 0 saturated heterocycles. The van der Waals surface area contributed by atoms with E-state index < -0.39 is 0 Å². The number of furan rings is 1. The Labute approximate surface area is 238 Å². The molecule has 1 atom stereocenters. The summed E-state index contributed by atoms with van der Waals surface area (Å²) >= 11 is 0. The van der Waals surface area contributed by atoms with Crippen LogP contribution in [0.1, 0.15) is 34.9 Å². The van der Waals surface area contributed by atoms with Gasteiger partial charge in [-0.1, -0.05) is 84.9 Å². The van der Waals surface area contributed by atoms with Crippen LogP contribution in [0.15, 0.2) is 120 Å². The minimum absolute atomic E-state index is 0.110. The minimum Gasteiger partial charge on any atom is -0.460 e. The van der Waals surface area contributed by atoms with E-state index in [0.717, 1.165) is 24.2 Å². The van der Waals surface area contributed by atoms with Crippen molar-refractivity contribution in [2.45, 2.75) is 18.9 Å². The summed E-state index contributed by atoms with van der Waals surface area (Å²) in [5.74, 6) is 1.10. The topological polar surface area (TPSA) is 21.3 Å². The van der Waals surface area contributed by atoms with E-state index in [-0.39, 0.29) is 6.04 Å². The maximum Gasteiger partial charge on any atom is 0.137 e. The Morgan fingerprint density at radius 1 is 0.756 bits per heavy atom. The molecule has 1 unspecified atom stereocenters. The zero-order chi connectivity index (χ0) is 27.1. The van der Waals surface area contributed by atoms with Gasteiger partial charge < -0.3 is 13.9 Å². The predicted molar refractivity (Wildman–Crippen MR) is 170 cm³/mol. The van der Waals surface area contributed by atoms with E-state index in [2.05, 4.69) is 138 Å². The molecule has 0 N–H and O–H groups in total. The third-order valence-electron chi connectivity index (χ3n) is 9.08. The van der Waals surface area contributed by atoms with E-state index >= 15 is 0 Å². The number of fused-ring (bicyclic) bond motifs is 10. The Bertz CT molecular complexity index is 2190. The second-order valence-corrected chi connectivity index (χ2v) is 11.3. The Morgan fingerprint density at radius 2 is 1.59 bits per heavy atom. The van der Waals surface area contributed by atoms with Gasteiger partial charge in [0.2, 0.25) is 0 Å². The van der Waals surface area contributed by atoms with Crippen molar-refractivity contribution in [1.82, 2.24) is 4.57 Å². The Hall–Kier alpha value is -5.02. The average molecular weight is 529 g/mol. The zero-order valence-electron chi connectivity index (χ0n) is 22.8. The lowest BCUT2D eigenvalue weighted by atomic mass is 9.85. The van der Waals surface area contributed by atoms with Crippen molar-refractivity contribution in [3.8, 4) is 16.8 Å². The number of nitrogens with zero attached hydrogens (tertiary/aromatic N) is 2. The van der Waals surface area contributed by atoms with Gasteiger partial charge in [-0.3, -0.25) is 0 Å². The highest BCUT2D eigenvalue weighted by atomic mass is 16.3. The second-order valence-electron chi connectivity index (χ2n) is 11.3. The molecule has 7 aromatic rings. The van der Waals surface area contributed by atoms with Crippen molar-refractivity contribution in [2.24, 2.45) is 0 Å². The third-order valence-corrected chi connectivity index (χ3v) is 9.08. The Morgan fingerprint density at radius 3 is 2.54 bits per heavy atom. The SMILES string of the molecule is CN1c2ccccc2-c2ccccc2C1c1cccc(-n2c3ccccc3c3ccc4oc5c(c4c32)C=CCC5)c1. The maximum atomic E-state index is 6.42.